The Bertz CT molecular complexity index is 1590. The van der Waals surface area contributed by atoms with Gasteiger partial charge in [0.1, 0.15) is 23.8 Å². The molecule has 0 aromatic heterocycles. The highest BCUT2D eigenvalue weighted by Crippen LogP contribution is 2.20. The van der Waals surface area contributed by atoms with Crippen molar-refractivity contribution in [3.63, 3.8) is 0 Å². The lowest BCUT2D eigenvalue weighted by atomic mass is 10.1. The Morgan fingerprint density at radius 3 is 1.96 bits per heavy atom. The summed E-state index contributed by atoms with van der Waals surface area (Å²) in [5.41, 5.74) is 3.49. The molecule has 0 atom stereocenters. The number of rotatable bonds is 19. The number of carbonyl (C=O) groups is 3. The highest BCUT2D eigenvalue weighted by atomic mass is 16.5. The first-order valence-corrected chi connectivity index (χ1v) is 16.4. The van der Waals surface area contributed by atoms with Crippen LogP contribution in [0.1, 0.15) is 70.9 Å². The summed E-state index contributed by atoms with van der Waals surface area (Å²) in [6.07, 6.45) is 6.62. The molecule has 0 bridgehead atoms. The number of nitrogens with one attached hydrogen (secondary N) is 1. The Labute approximate surface area is 282 Å². The van der Waals surface area contributed by atoms with Gasteiger partial charge in [0.2, 0.25) is 0 Å². The van der Waals surface area contributed by atoms with Crippen LogP contribution in [-0.2, 0) is 17.8 Å². The molecule has 2 N–H and O–H groups in total. The topological polar surface area (TPSA) is 114 Å². The molecule has 0 saturated heterocycles. The maximum atomic E-state index is 13.3. The van der Waals surface area contributed by atoms with E-state index in [-0.39, 0.29) is 6.54 Å². The van der Waals surface area contributed by atoms with Gasteiger partial charge in [0.05, 0.1) is 19.3 Å². The minimum Gasteiger partial charge on any atom is -0.497 e. The van der Waals surface area contributed by atoms with Gasteiger partial charge >= 0.3 is 11.9 Å². The molecular weight excluding hydrogens is 608 g/mol. The lowest BCUT2D eigenvalue weighted by molar-refractivity contribution is -0.137. The molecule has 9 heteroatoms. The van der Waals surface area contributed by atoms with Gasteiger partial charge in [0, 0.05) is 24.3 Å². The van der Waals surface area contributed by atoms with E-state index in [0.717, 1.165) is 30.7 Å². The van der Waals surface area contributed by atoms with Gasteiger partial charge in [-0.05, 0) is 96.8 Å². The second-order valence-electron chi connectivity index (χ2n) is 11.5. The number of amides is 1. The van der Waals surface area contributed by atoms with Crippen LogP contribution in [0, 0.1) is 0 Å². The summed E-state index contributed by atoms with van der Waals surface area (Å²) in [4.78, 5) is 38.9. The minimum atomic E-state index is -1.12. The number of ether oxygens (including phenoxy) is 3. The van der Waals surface area contributed by atoms with Crippen LogP contribution in [0.3, 0.4) is 0 Å². The van der Waals surface area contributed by atoms with Crippen molar-refractivity contribution in [2.45, 2.75) is 52.0 Å². The van der Waals surface area contributed by atoms with Crippen LogP contribution in [-0.4, -0.2) is 54.7 Å². The van der Waals surface area contributed by atoms with E-state index in [1.807, 2.05) is 24.3 Å². The number of aliphatic carboxylic acids is 1. The number of carbonyl (C=O) groups excluding carboxylic acids is 2. The summed E-state index contributed by atoms with van der Waals surface area (Å²) in [6, 6.07) is 28.4. The number of nitrogens with zero attached hydrogens (tertiary/aromatic N) is 1. The lowest BCUT2D eigenvalue weighted by Crippen LogP contribution is -2.35. The van der Waals surface area contributed by atoms with Gasteiger partial charge in [-0.2, -0.15) is 0 Å². The van der Waals surface area contributed by atoms with Crippen molar-refractivity contribution in [1.82, 2.24) is 4.90 Å². The molecule has 48 heavy (non-hydrogen) atoms. The Morgan fingerprint density at radius 1 is 0.708 bits per heavy atom. The molecule has 4 aromatic rings. The van der Waals surface area contributed by atoms with Crippen molar-refractivity contribution in [2.75, 3.05) is 32.1 Å². The zero-order chi connectivity index (χ0) is 34.1. The van der Waals surface area contributed by atoms with Crippen LogP contribution < -0.4 is 19.5 Å². The minimum absolute atomic E-state index is 0.0707. The van der Waals surface area contributed by atoms with Crippen LogP contribution >= 0.6 is 0 Å². The Balaban J connectivity index is 1.27. The third-order valence-electron chi connectivity index (χ3n) is 7.76. The van der Waals surface area contributed by atoms with Crippen molar-refractivity contribution in [3.05, 3.63) is 119 Å². The number of benzene rings is 4. The van der Waals surface area contributed by atoms with Crippen molar-refractivity contribution >= 4 is 23.5 Å². The summed E-state index contributed by atoms with van der Waals surface area (Å²) in [6.45, 7) is 3.15. The third kappa shape index (κ3) is 11.5. The Kier molecular flexibility index (Phi) is 13.9. The summed E-state index contributed by atoms with van der Waals surface area (Å²) in [5.74, 6) is -0.165. The molecule has 0 unspecified atom stereocenters. The molecule has 0 radical (unpaired) electrons. The molecule has 0 aliphatic rings. The number of methoxy groups -OCH3 is 1. The average molecular weight is 653 g/mol. The zero-order valence-corrected chi connectivity index (χ0v) is 27.7. The van der Waals surface area contributed by atoms with Crippen LogP contribution in [0.4, 0.5) is 5.69 Å². The van der Waals surface area contributed by atoms with Gasteiger partial charge in [-0.25, -0.2) is 4.79 Å². The number of esters is 1. The number of anilines is 1. The lowest BCUT2D eigenvalue weighted by Gasteiger charge is -2.21. The molecule has 1 amide bonds. The van der Waals surface area contributed by atoms with E-state index in [1.54, 1.807) is 79.9 Å². The molecule has 0 aliphatic carbocycles. The van der Waals surface area contributed by atoms with Gasteiger partial charge < -0.3 is 29.5 Å². The summed E-state index contributed by atoms with van der Waals surface area (Å²) in [5, 5.41) is 12.8. The van der Waals surface area contributed by atoms with Crippen LogP contribution in [0.2, 0.25) is 0 Å². The molecule has 0 fully saturated rings. The maximum Gasteiger partial charge on any atom is 0.343 e. The first kappa shape index (κ1) is 35.5. The van der Waals surface area contributed by atoms with Gasteiger partial charge in [-0.15, -0.1) is 0 Å². The first-order valence-electron chi connectivity index (χ1n) is 16.4. The fourth-order valence-electron chi connectivity index (χ4n) is 5.05. The van der Waals surface area contributed by atoms with Crippen molar-refractivity contribution in [3.8, 4) is 17.2 Å². The molecule has 4 aromatic carbocycles. The first-order chi connectivity index (χ1) is 23.3. The quantitative estimate of drug-likeness (QED) is 0.0604. The van der Waals surface area contributed by atoms with Gasteiger partial charge in [0.25, 0.3) is 5.91 Å². The highest BCUT2D eigenvalue weighted by Gasteiger charge is 2.19. The van der Waals surface area contributed by atoms with E-state index in [4.69, 9.17) is 14.2 Å². The fourth-order valence-corrected chi connectivity index (χ4v) is 5.05. The molecule has 0 aliphatic heterocycles. The number of carboxylic acid groups (broad SMARTS) is 1. The fraction of sp³-hybridized carbons (Fsp3) is 0.308. The number of carboxylic acids is 1. The number of unbranched alkanes of at least 4 members (excludes halogenated alkanes) is 4. The summed E-state index contributed by atoms with van der Waals surface area (Å²) in [7, 11) is 1.64. The largest absolute Gasteiger partial charge is 0.497 e. The van der Waals surface area contributed by atoms with Crippen molar-refractivity contribution in [2.24, 2.45) is 0 Å². The van der Waals surface area contributed by atoms with E-state index >= 15 is 0 Å². The SMILES string of the molecule is CCCCCCCOc1ccc(C(=O)Oc2ccc(CN(CC(=O)O)C(=O)c3ccc(NCCc4ccc(OC)cc4)cc3)cc2)cc1. The standard InChI is InChI=1S/C39H44N2O7/c1-3-4-5-6-7-26-47-35-22-14-32(15-23-35)39(45)48-36-20-10-30(11-21-36)27-41(28-37(42)43)38(44)31-12-16-33(17-13-31)40-25-24-29-8-18-34(46-2)19-9-29/h8-23,40H,3-7,24-28H2,1-2H3,(H,42,43). The van der Waals surface area contributed by atoms with E-state index in [1.165, 1.54) is 29.7 Å². The molecule has 0 saturated carbocycles. The Morgan fingerprint density at radius 2 is 1.31 bits per heavy atom. The number of hydrogen-bond acceptors (Lipinski definition) is 7. The normalized spacial score (nSPS) is 10.6. The van der Waals surface area contributed by atoms with Crippen LogP contribution in [0.25, 0.3) is 0 Å². The van der Waals surface area contributed by atoms with E-state index < -0.39 is 24.4 Å². The third-order valence-corrected chi connectivity index (χ3v) is 7.76. The molecule has 252 valence electrons. The number of hydrogen-bond donors (Lipinski definition) is 2. The predicted octanol–water partition coefficient (Wildman–Crippen LogP) is 7.65. The van der Waals surface area contributed by atoms with Crippen molar-refractivity contribution in [1.29, 1.82) is 0 Å². The highest BCUT2D eigenvalue weighted by molar-refractivity contribution is 5.96. The van der Waals surface area contributed by atoms with Crippen LogP contribution in [0.15, 0.2) is 97.1 Å². The molecule has 4 rings (SSSR count). The smallest absolute Gasteiger partial charge is 0.343 e. The second-order valence-corrected chi connectivity index (χ2v) is 11.5. The summed E-state index contributed by atoms with van der Waals surface area (Å²) >= 11 is 0. The van der Waals surface area contributed by atoms with E-state index in [9.17, 15) is 19.5 Å². The molecule has 0 spiro atoms. The zero-order valence-electron chi connectivity index (χ0n) is 27.7. The van der Waals surface area contributed by atoms with E-state index in [0.29, 0.717) is 41.3 Å². The average Bonchev–Trinajstić information content (AvgIpc) is 3.10. The molecular formula is C39H44N2O7. The Hall–Kier alpha value is -5.31. The molecule has 0 heterocycles. The van der Waals surface area contributed by atoms with E-state index in [2.05, 4.69) is 12.2 Å². The van der Waals surface area contributed by atoms with Gasteiger partial charge in [0.15, 0.2) is 0 Å². The summed E-state index contributed by atoms with van der Waals surface area (Å²) < 4.78 is 16.5. The van der Waals surface area contributed by atoms with Crippen LogP contribution in [0.5, 0.6) is 17.2 Å². The second kappa shape index (κ2) is 18.7. The van der Waals surface area contributed by atoms with Gasteiger partial charge in [-0.3, -0.25) is 9.59 Å². The predicted molar refractivity (Wildman–Crippen MR) is 186 cm³/mol. The molecule has 9 nitrogen and oxygen atoms in total. The maximum absolute atomic E-state index is 13.3. The van der Waals surface area contributed by atoms with Crippen molar-refractivity contribution < 1.29 is 33.7 Å². The monoisotopic (exact) mass is 652 g/mol. The van der Waals surface area contributed by atoms with Gasteiger partial charge in [-0.1, -0.05) is 56.9 Å².